The van der Waals surface area contributed by atoms with Gasteiger partial charge in [0, 0.05) is 5.69 Å². The molecule has 42 heavy (non-hydrogen) atoms. The van der Waals surface area contributed by atoms with Gasteiger partial charge < -0.3 is 20.3 Å². The SMILES string of the molecule is O=C1OC[C@H](c2ccccc2)N1C(=O)[C@H](CC[C@@H](O)c1ccc(F)cc1)[C@H](Nc1ccc(F)cc1)c1ccc(O)cc1. The average Bonchev–Trinajstić information content (AvgIpc) is 3.40. The van der Waals surface area contributed by atoms with Crippen LogP contribution in [0.3, 0.4) is 0 Å². The fraction of sp³-hybridized carbons (Fsp3) is 0.212. The third kappa shape index (κ3) is 6.58. The molecular formula is C33H30F2N2O5. The number of ether oxygens (including phenoxy) is 1. The molecule has 216 valence electrons. The topological polar surface area (TPSA) is 99.1 Å². The van der Waals surface area contributed by atoms with Crippen LogP contribution in [0.4, 0.5) is 19.3 Å². The summed E-state index contributed by atoms with van der Waals surface area (Å²) in [5.74, 6) is -2.28. The number of hydrogen-bond acceptors (Lipinski definition) is 6. The lowest BCUT2D eigenvalue weighted by molar-refractivity contribution is -0.134. The Labute approximate surface area is 242 Å². The van der Waals surface area contributed by atoms with Crippen LogP contribution in [0.2, 0.25) is 0 Å². The Morgan fingerprint density at radius 1 is 0.857 bits per heavy atom. The van der Waals surface area contributed by atoms with Crippen LogP contribution in [0.25, 0.3) is 0 Å². The number of carbonyl (C=O) groups excluding carboxylic acids is 2. The van der Waals surface area contributed by atoms with E-state index in [9.17, 15) is 28.6 Å². The highest BCUT2D eigenvalue weighted by atomic mass is 19.1. The van der Waals surface area contributed by atoms with Crippen LogP contribution in [0.1, 0.15) is 47.7 Å². The first-order chi connectivity index (χ1) is 20.3. The molecule has 4 aromatic carbocycles. The third-order valence-electron chi connectivity index (χ3n) is 7.44. The van der Waals surface area contributed by atoms with E-state index in [0.717, 1.165) is 10.5 Å². The van der Waals surface area contributed by atoms with E-state index in [1.807, 2.05) is 30.3 Å². The van der Waals surface area contributed by atoms with Gasteiger partial charge in [0.2, 0.25) is 5.91 Å². The molecule has 1 fully saturated rings. The van der Waals surface area contributed by atoms with Crippen molar-refractivity contribution in [1.29, 1.82) is 0 Å². The van der Waals surface area contributed by atoms with E-state index in [4.69, 9.17) is 4.74 Å². The van der Waals surface area contributed by atoms with E-state index in [2.05, 4.69) is 5.32 Å². The van der Waals surface area contributed by atoms with Crippen LogP contribution in [-0.2, 0) is 9.53 Å². The number of aliphatic hydroxyl groups is 1. The summed E-state index contributed by atoms with van der Waals surface area (Å²) in [4.78, 5) is 28.5. The molecule has 0 unspecified atom stereocenters. The van der Waals surface area contributed by atoms with Gasteiger partial charge in [0.15, 0.2) is 0 Å². The minimum Gasteiger partial charge on any atom is -0.508 e. The number of halogens is 2. The van der Waals surface area contributed by atoms with E-state index >= 15 is 0 Å². The Bertz CT molecular complexity index is 1500. The first kappa shape index (κ1) is 28.8. The predicted molar refractivity (Wildman–Crippen MR) is 152 cm³/mol. The normalized spacial score (nSPS) is 16.9. The van der Waals surface area contributed by atoms with Gasteiger partial charge in [-0.05, 0) is 78.1 Å². The van der Waals surface area contributed by atoms with Crippen molar-refractivity contribution in [3.63, 3.8) is 0 Å². The maximum absolute atomic E-state index is 14.4. The van der Waals surface area contributed by atoms with Gasteiger partial charge in [0.1, 0.15) is 30.0 Å². The van der Waals surface area contributed by atoms with Crippen molar-refractivity contribution in [2.24, 2.45) is 5.92 Å². The molecule has 1 aliphatic rings. The number of carbonyl (C=O) groups is 2. The number of benzene rings is 4. The number of nitrogens with zero attached hydrogens (tertiary/aromatic N) is 1. The minimum absolute atomic E-state index is 0.00518. The van der Waals surface area contributed by atoms with Gasteiger partial charge in [0.25, 0.3) is 0 Å². The van der Waals surface area contributed by atoms with Crippen molar-refractivity contribution in [2.75, 3.05) is 11.9 Å². The molecule has 0 bridgehead atoms. The Hall–Kier alpha value is -4.76. The summed E-state index contributed by atoms with van der Waals surface area (Å²) >= 11 is 0. The number of aromatic hydroxyl groups is 1. The predicted octanol–water partition coefficient (Wildman–Crippen LogP) is 6.67. The maximum Gasteiger partial charge on any atom is 0.417 e. The van der Waals surface area contributed by atoms with E-state index < -0.39 is 47.7 Å². The van der Waals surface area contributed by atoms with Gasteiger partial charge in [-0.2, -0.15) is 0 Å². The molecule has 0 radical (unpaired) electrons. The number of hydrogen-bond donors (Lipinski definition) is 3. The van der Waals surface area contributed by atoms with Crippen molar-refractivity contribution < 1.29 is 33.3 Å². The summed E-state index contributed by atoms with van der Waals surface area (Å²) in [5.41, 5.74) is 2.36. The highest BCUT2D eigenvalue weighted by Gasteiger charge is 2.44. The van der Waals surface area contributed by atoms with Crippen LogP contribution in [0.15, 0.2) is 103 Å². The largest absolute Gasteiger partial charge is 0.508 e. The summed E-state index contributed by atoms with van der Waals surface area (Å²) in [6.45, 7) is -0.00518. The average molecular weight is 573 g/mol. The Morgan fingerprint density at radius 2 is 1.45 bits per heavy atom. The van der Waals surface area contributed by atoms with Gasteiger partial charge in [-0.15, -0.1) is 0 Å². The molecule has 0 saturated carbocycles. The standard InChI is InChI=1S/C33H30F2N2O5/c34-24-10-6-22(7-11-24)30(39)19-18-28(32(40)37-29(20-42-33(37)41)21-4-2-1-3-5-21)31(23-8-16-27(38)17-9-23)36-26-14-12-25(35)13-15-26/h1-17,28-31,36,38-39H,18-20H2/t28-,29-,30-,31-/m1/s1. The van der Waals surface area contributed by atoms with E-state index in [1.54, 1.807) is 12.1 Å². The second kappa shape index (κ2) is 12.8. The molecule has 1 saturated heterocycles. The number of anilines is 1. The zero-order valence-electron chi connectivity index (χ0n) is 22.6. The van der Waals surface area contributed by atoms with Crippen LogP contribution < -0.4 is 5.32 Å². The second-order valence-electron chi connectivity index (χ2n) is 10.2. The Kier molecular flexibility index (Phi) is 8.78. The summed E-state index contributed by atoms with van der Waals surface area (Å²) in [6, 6.07) is 25.1. The highest BCUT2D eigenvalue weighted by molar-refractivity contribution is 5.95. The first-order valence-electron chi connectivity index (χ1n) is 13.6. The van der Waals surface area contributed by atoms with Crippen LogP contribution >= 0.6 is 0 Å². The fourth-order valence-electron chi connectivity index (χ4n) is 5.21. The number of rotatable bonds is 10. The van der Waals surface area contributed by atoms with Crippen molar-refractivity contribution in [3.05, 3.63) is 131 Å². The maximum atomic E-state index is 14.4. The number of nitrogens with one attached hydrogen (secondary N) is 1. The van der Waals surface area contributed by atoms with Gasteiger partial charge in [-0.3, -0.25) is 4.79 Å². The van der Waals surface area contributed by atoms with Crippen molar-refractivity contribution in [3.8, 4) is 5.75 Å². The smallest absolute Gasteiger partial charge is 0.417 e. The van der Waals surface area contributed by atoms with E-state index in [0.29, 0.717) is 16.8 Å². The number of cyclic esters (lactones) is 1. The summed E-state index contributed by atoms with van der Waals surface area (Å²) in [7, 11) is 0. The van der Waals surface area contributed by atoms with Crippen LogP contribution in [-0.4, -0.2) is 33.7 Å². The van der Waals surface area contributed by atoms with Gasteiger partial charge in [0.05, 0.1) is 18.1 Å². The molecule has 0 aromatic heterocycles. The molecule has 3 N–H and O–H groups in total. The fourth-order valence-corrected chi connectivity index (χ4v) is 5.21. The molecule has 1 aliphatic heterocycles. The molecular weight excluding hydrogens is 542 g/mol. The molecule has 0 aliphatic carbocycles. The van der Waals surface area contributed by atoms with Gasteiger partial charge in [-0.25, -0.2) is 18.5 Å². The van der Waals surface area contributed by atoms with E-state index in [-0.39, 0.29) is 25.2 Å². The minimum atomic E-state index is -1.01. The molecule has 5 rings (SSSR count). The third-order valence-corrected chi connectivity index (χ3v) is 7.44. The zero-order valence-corrected chi connectivity index (χ0v) is 22.6. The first-order valence-corrected chi connectivity index (χ1v) is 13.6. The molecule has 4 atom stereocenters. The zero-order chi connectivity index (χ0) is 29.6. The quantitative estimate of drug-likeness (QED) is 0.196. The summed E-state index contributed by atoms with van der Waals surface area (Å²) in [5, 5.41) is 24.2. The number of phenols is 1. The van der Waals surface area contributed by atoms with Crippen LogP contribution in [0.5, 0.6) is 5.75 Å². The summed E-state index contributed by atoms with van der Waals surface area (Å²) < 4.78 is 32.5. The van der Waals surface area contributed by atoms with Gasteiger partial charge in [-0.1, -0.05) is 54.6 Å². The Balaban J connectivity index is 1.53. The monoisotopic (exact) mass is 572 g/mol. The lowest BCUT2D eigenvalue weighted by Crippen LogP contribution is -2.42. The second-order valence-corrected chi connectivity index (χ2v) is 10.2. The van der Waals surface area contributed by atoms with Crippen molar-refractivity contribution >= 4 is 17.7 Å². The molecule has 1 heterocycles. The Morgan fingerprint density at radius 3 is 2.10 bits per heavy atom. The molecule has 4 aromatic rings. The van der Waals surface area contributed by atoms with Gasteiger partial charge >= 0.3 is 6.09 Å². The molecule has 0 spiro atoms. The lowest BCUT2D eigenvalue weighted by Gasteiger charge is -2.32. The molecule has 2 amide bonds. The van der Waals surface area contributed by atoms with Crippen molar-refractivity contribution in [2.45, 2.75) is 31.0 Å². The molecule has 7 nitrogen and oxygen atoms in total. The number of aliphatic hydroxyl groups excluding tert-OH is 1. The summed E-state index contributed by atoms with van der Waals surface area (Å²) in [6.07, 6.45) is -1.56. The van der Waals surface area contributed by atoms with Crippen molar-refractivity contribution in [1.82, 2.24) is 4.90 Å². The molecule has 9 heteroatoms. The lowest BCUT2D eigenvalue weighted by atomic mass is 9.85. The number of phenolic OH excluding ortho intramolecular Hbond substituents is 1. The number of amides is 2. The highest BCUT2D eigenvalue weighted by Crippen LogP contribution is 2.38. The van der Waals surface area contributed by atoms with Crippen LogP contribution in [0, 0.1) is 17.6 Å². The number of imide groups is 1. The van der Waals surface area contributed by atoms with E-state index in [1.165, 1.54) is 60.7 Å².